The standard InChI is InChI=1S/C28H33N3O3/c1-17(2)13-25-24(15-29)27(21-9-5-18(3)6-10-21)23(19(4)31-25)14-26(32)30-16-20-7-11-22(12-8-20)28(33)34/h5-12,17H,13-16,29H2,1-4H3,(H,30,32)(H,33,34). The molecule has 1 aromatic heterocycles. The first-order chi connectivity index (χ1) is 16.2. The van der Waals surface area contributed by atoms with Gasteiger partial charge in [0.15, 0.2) is 0 Å². The van der Waals surface area contributed by atoms with Crippen molar-refractivity contribution in [3.63, 3.8) is 0 Å². The van der Waals surface area contributed by atoms with E-state index in [1.54, 1.807) is 12.1 Å². The highest BCUT2D eigenvalue weighted by molar-refractivity contribution is 5.87. The van der Waals surface area contributed by atoms with Gasteiger partial charge in [0.05, 0.1) is 12.0 Å². The van der Waals surface area contributed by atoms with Crippen LogP contribution in [0.15, 0.2) is 48.5 Å². The zero-order valence-electron chi connectivity index (χ0n) is 20.3. The van der Waals surface area contributed by atoms with Crippen LogP contribution in [-0.2, 0) is 30.7 Å². The van der Waals surface area contributed by atoms with Crippen LogP contribution in [0.2, 0.25) is 0 Å². The molecule has 0 saturated heterocycles. The number of carboxylic acid groups (broad SMARTS) is 1. The molecule has 0 radical (unpaired) electrons. The first-order valence-electron chi connectivity index (χ1n) is 11.6. The molecule has 3 aromatic rings. The number of aryl methyl sites for hydroxylation is 2. The summed E-state index contributed by atoms with van der Waals surface area (Å²) in [6.07, 6.45) is 1.01. The number of aromatic nitrogens is 1. The minimum Gasteiger partial charge on any atom is -0.478 e. The third-order valence-electron chi connectivity index (χ3n) is 5.87. The number of hydrogen-bond acceptors (Lipinski definition) is 4. The Morgan fingerprint density at radius 1 is 1.00 bits per heavy atom. The van der Waals surface area contributed by atoms with E-state index in [2.05, 4.69) is 43.4 Å². The van der Waals surface area contributed by atoms with Crippen LogP contribution in [0.3, 0.4) is 0 Å². The quantitative estimate of drug-likeness (QED) is 0.434. The Bertz CT molecular complexity index is 1170. The molecule has 0 bridgehead atoms. The van der Waals surface area contributed by atoms with E-state index in [1.807, 2.05) is 13.8 Å². The highest BCUT2D eigenvalue weighted by Gasteiger charge is 2.21. The maximum atomic E-state index is 12.9. The number of amides is 1. The molecule has 0 fully saturated rings. The van der Waals surface area contributed by atoms with Crippen LogP contribution in [0.25, 0.3) is 11.1 Å². The minimum absolute atomic E-state index is 0.125. The summed E-state index contributed by atoms with van der Waals surface area (Å²) in [7, 11) is 0. The van der Waals surface area contributed by atoms with E-state index in [4.69, 9.17) is 15.8 Å². The summed E-state index contributed by atoms with van der Waals surface area (Å²) < 4.78 is 0. The van der Waals surface area contributed by atoms with Crippen LogP contribution in [-0.4, -0.2) is 22.0 Å². The van der Waals surface area contributed by atoms with Gasteiger partial charge < -0.3 is 16.2 Å². The normalized spacial score (nSPS) is 11.0. The summed E-state index contributed by atoms with van der Waals surface area (Å²) in [5.41, 5.74) is 14.2. The van der Waals surface area contributed by atoms with E-state index in [-0.39, 0.29) is 17.9 Å². The topological polar surface area (TPSA) is 105 Å². The number of benzene rings is 2. The molecule has 6 heteroatoms. The van der Waals surface area contributed by atoms with E-state index >= 15 is 0 Å². The fraction of sp³-hybridized carbons (Fsp3) is 0.321. The molecule has 0 aliphatic heterocycles. The SMILES string of the molecule is Cc1ccc(-c2c(CC(=O)NCc3ccc(C(=O)O)cc3)c(C)nc(CC(C)C)c2CN)cc1. The number of carboxylic acids is 1. The Labute approximate surface area is 201 Å². The van der Waals surface area contributed by atoms with Gasteiger partial charge in [-0.25, -0.2) is 4.79 Å². The zero-order valence-corrected chi connectivity index (χ0v) is 20.3. The third kappa shape index (κ3) is 6.08. The average Bonchev–Trinajstić information content (AvgIpc) is 2.79. The van der Waals surface area contributed by atoms with Crippen molar-refractivity contribution < 1.29 is 14.7 Å². The molecule has 34 heavy (non-hydrogen) atoms. The second-order valence-corrected chi connectivity index (χ2v) is 9.10. The molecule has 0 spiro atoms. The van der Waals surface area contributed by atoms with Crippen LogP contribution >= 0.6 is 0 Å². The fourth-order valence-electron chi connectivity index (χ4n) is 4.09. The molecular weight excluding hydrogens is 426 g/mol. The van der Waals surface area contributed by atoms with Crippen molar-refractivity contribution in [3.05, 3.63) is 87.7 Å². The number of hydrogen-bond donors (Lipinski definition) is 3. The summed E-state index contributed by atoms with van der Waals surface area (Å²) in [4.78, 5) is 28.9. The van der Waals surface area contributed by atoms with Gasteiger partial charge in [-0.1, -0.05) is 55.8 Å². The molecule has 2 aromatic carbocycles. The number of nitrogens with two attached hydrogens (primary N) is 1. The summed E-state index contributed by atoms with van der Waals surface area (Å²) in [6, 6.07) is 14.8. The number of nitrogens with one attached hydrogen (secondary N) is 1. The van der Waals surface area contributed by atoms with E-state index in [0.717, 1.165) is 45.6 Å². The first kappa shape index (κ1) is 25.1. The van der Waals surface area contributed by atoms with Crippen molar-refractivity contribution in [3.8, 4) is 11.1 Å². The monoisotopic (exact) mass is 459 g/mol. The Hall–Kier alpha value is -3.51. The van der Waals surface area contributed by atoms with Gasteiger partial charge in [-0.05, 0) is 66.1 Å². The Morgan fingerprint density at radius 3 is 2.21 bits per heavy atom. The predicted molar refractivity (Wildman–Crippen MR) is 135 cm³/mol. The lowest BCUT2D eigenvalue weighted by Crippen LogP contribution is -2.26. The lowest BCUT2D eigenvalue weighted by atomic mass is 9.88. The Kier molecular flexibility index (Phi) is 8.18. The van der Waals surface area contributed by atoms with Gasteiger partial charge in [-0.2, -0.15) is 0 Å². The number of carbonyl (C=O) groups is 2. The Balaban J connectivity index is 1.92. The molecule has 0 aliphatic carbocycles. The van der Waals surface area contributed by atoms with Crippen molar-refractivity contribution in [2.24, 2.45) is 11.7 Å². The van der Waals surface area contributed by atoms with E-state index < -0.39 is 5.97 Å². The van der Waals surface area contributed by atoms with Crippen molar-refractivity contribution in [2.45, 2.75) is 53.6 Å². The van der Waals surface area contributed by atoms with Gasteiger partial charge in [-0.15, -0.1) is 0 Å². The third-order valence-corrected chi connectivity index (χ3v) is 5.87. The number of pyridine rings is 1. The molecule has 178 valence electrons. The molecule has 1 amide bonds. The van der Waals surface area contributed by atoms with Crippen molar-refractivity contribution in [1.82, 2.24) is 10.3 Å². The van der Waals surface area contributed by atoms with Crippen molar-refractivity contribution in [1.29, 1.82) is 0 Å². The zero-order chi connectivity index (χ0) is 24.8. The molecule has 0 aliphatic rings. The van der Waals surface area contributed by atoms with Crippen LogP contribution in [0, 0.1) is 19.8 Å². The molecule has 4 N–H and O–H groups in total. The Morgan fingerprint density at radius 2 is 1.65 bits per heavy atom. The van der Waals surface area contributed by atoms with Gasteiger partial charge in [0, 0.05) is 24.5 Å². The minimum atomic E-state index is -0.973. The van der Waals surface area contributed by atoms with Gasteiger partial charge in [0.1, 0.15) is 0 Å². The largest absolute Gasteiger partial charge is 0.478 e. The summed E-state index contributed by atoms with van der Waals surface area (Å²) in [6.45, 7) is 8.99. The highest BCUT2D eigenvalue weighted by Crippen LogP contribution is 2.33. The second-order valence-electron chi connectivity index (χ2n) is 9.10. The maximum absolute atomic E-state index is 12.9. The molecular formula is C28H33N3O3. The summed E-state index contributed by atoms with van der Waals surface area (Å²) in [5, 5.41) is 12.0. The average molecular weight is 460 g/mol. The van der Waals surface area contributed by atoms with E-state index in [9.17, 15) is 9.59 Å². The second kappa shape index (κ2) is 11.1. The van der Waals surface area contributed by atoms with Crippen LogP contribution in [0.4, 0.5) is 0 Å². The molecule has 1 heterocycles. The summed E-state index contributed by atoms with van der Waals surface area (Å²) in [5.74, 6) is -0.663. The lowest BCUT2D eigenvalue weighted by Gasteiger charge is -2.21. The van der Waals surface area contributed by atoms with Crippen LogP contribution in [0.5, 0.6) is 0 Å². The van der Waals surface area contributed by atoms with E-state index in [0.29, 0.717) is 19.0 Å². The first-order valence-corrected chi connectivity index (χ1v) is 11.6. The number of nitrogens with zero attached hydrogens (tertiary/aromatic N) is 1. The van der Waals surface area contributed by atoms with Gasteiger partial charge in [-0.3, -0.25) is 9.78 Å². The smallest absolute Gasteiger partial charge is 0.335 e. The van der Waals surface area contributed by atoms with Gasteiger partial charge in [0.2, 0.25) is 5.91 Å². The maximum Gasteiger partial charge on any atom is 0.335 e. The van der Waals surface area contributed by atoms with Gasteiger partial charge >= 0.3 is 5.97 Å². The molecule has 0 atom stereocenters. The molecule has 0 unspecified atom stereocenters. The highest BCUT2D eigenvalue weighted by atomic mass is 16.4. The fourth-order valence-corrected chi connectivity index (χ4v) is 4.09. The number of rotatable bonds is 9. The van der Waals surface area contributed by atoms with E-state index in [1.165, 1.54) is 17.7 Å². The van der Waals surface area contributed by atoms with Crippen LogP contribution in [0.1, 0.15) is 57.8 Å². The number of carbonyl (C=O) groups excluding carboxylic acids is 1. The number of aromatic carboxylic acids is 1. The lowest BCUT2D eigenvalue weighted by molar-refractivity contribution is -0.120. The molecule has 3 rings (SSSR count). The van der Waals surface area contributed by atoms with Gasteiger partial charge in [0.25, 0.3) is 0 Å². The predicted octanol–water partition coefficient (Wildman–Crippen LogP) is 4.58. The van der Waals surface area contributed by atoms with Crippen LogP contribution < -0.4 is 11.1 Å². The van der Waals surface area contributed by atoms with Crippen molar-refractivity contribution >= 4 is 11.9 Å². The van der Waals surface area contributed by atoms with Crippen molar-refractivity contribution in [2.75, 3.05) is 0 Å². The molecule has 6 nitrogen and oxygen atoms in total. The summed E-state index contributed by atoms with van der Waals surface area (Å²) >= 11 is 0. The molecule has 0 saturated carbocycles.